The van der Waals surface area contributed by atoms with Crippen molar-refractivity contribution in [2.24, 2.45) is 0 Å². The number of nitrogen functional groups attached to an aromatic ring is 1. The van der Waals surface area contributed by atoms with E-state index >= 15 is 0 Å². The van der Waals surface area contributed by atoms with E-state index in [-0.39, 0.29) is 10.8 Å². The standard InChI is InChI=1S/C14H23N.C6H6N2/c1-13(2,3)10-7-11(14(4,5)6)9-12(15)8-10;1-2-4-6-5(3-1)7-8-6/h7-9H,15H2,1-6H3;1-4,7-8H. The third-order valence-corrected chi connectivity index (χ3v) is 3.95. The summed E-state index contributed by atoms with van der Waals surface area (Å²) >= 11 is 0. The minimum atomic E-state index is 0.162. The van der Waals surface area contributed by atoms with Gasteiger partial charge in [-0.25, -0.2) is 0 Å². The van der Waals surface area contributed by atoms with Crippen LogP contribution in [0.3, 0.4) is 0 Å². The van der Waals surface area contributed by atoms with Crippen molar-refractivity contribution >= 4 is 16.7 Å². The summed E-state index contributed by atoms with van der Waals surface area (Å²) < 4.78 is 0. The van der Waals surface area contributed by atoms with Gasteiger partial charge in [-0.3, -0.25) is 10.2 Å². The van der Waals surface area contributed by atoms with Crippen molar-refractivity contribution in [3.8, 4) is 0 Å². The van der Waals surface area contributed by atoms with Crippen LogP contribution in [0.25, 0.3) is 11.0 Å². The van der Waals surface area contributed by atoms with E-state index in [4.69, 9.17) is 5.73 Å². The molecule has 3 nitrogen and oxygen atoms in total. The molecule has 0 fully saturated rings. The van der Waals surface area contributed by atoms with E-state index in [9.17, 15) is 0 Å². The molecule has 3 rings (SSSR count). The van der Waals surface area contributed by atoms with Crippen molar-refractivity contribution in [1.29, 1.82) is 0 Å². The number of hydrogen-bond donors (Lipinski definition) is 3. The van der Waals surface area contributed by atoms with Gasteiger partial charge in [-0.2, -0.15) is 0 Å². The van der Waals surface area contributed by atoms with Gasteiger partial charge in [0.1, 0.15) is 0 Å². The first-order chi connectivity index (χ1) is 10.6. The molecular formula is C20H29N3. The molecule has 0 aliphatic carbocycles. The maximum atomic E-state index is 5.95. The first kappa shape index (κ1) is 17.2. The molecule has 4 N–H and O–H groups in total. The highest BCUT2D eigenvalue weighted by atomic mass is 15.1. The number of anilines is 1. The fourth-order valence-electron chi connectivity index (χ4n) is 2.29. The van der Waals surface area contributed by atoms with Crippen LogP contribution in [-0.2, 0) is 10.8 Å². The highest BCUT2D eigenvalue weighted by molar-refractivity contribution is 5.75. The summed E-state index contributed by atoms with van der Waals surface area (Å²) in [5, 5.41) is 5.88. The van der Waals surface area contributed by atoms with Crippen molar-refractivity contribution in [2.75, 3.05) is 5.73 Å². The molecule has 0 radical (unpaired) electrons. The molecule has 2 aromatic carbocycles. The number of hydrogen-bond acceptors (Lipinski definition) is 1. The molecule has 0 bridgehead atoms. The summed E-state index contributed by atoms with van der Waals surface area (Å²) in [5.74, 6) is 0. The number of aromatic nitrogens is 2. The third kappa shape index (κ3) is 4.41. The molecule has 0 aliphatic rings. The summed E-state index contributed by atoms with van der Waals surface area (Å²) in [6, 6.07) is 14.5. The Morgan fingerprint density at radius 2 is 1.09 bits per heavy atom. The molecule has 3 aromatic rings. The quantitative estimate of drug-likeness (QED) is 0.481. The molecule has 0 unspecified atom stereocenters. The number of aromatic amines is 2. The van der Waals surface area contributed by atoms with Crippen LogP contribution in [0, 0.1) is 0 Å². The van der Waals surface area contributed by atoms with Gasteiger partial charge in [-0.1, -0.05) is 59.7 Å². The Balaban J connectivity index is 0.000000198. The van der Waals surface area contributed by atoms with Gasteiger partial charge in [0.15, 0.2) is 0 Å². The second kappa shape index (κ2) is 6.15. The van der Waals surface area contributed by atoms with Crippen molar-refractivity contribution in [3.63, 3.8) is 0 Å². The number of fused-ring (bicyclic) bond motifs is 1. The van der Waals surface area contributed by atoms with Gasteiger partial charge in [0.2, 0.25) is 0 Å². The Hall–Kier alpha value is -2.16. The van der Waals surface area contributed by atoms with Gasteiger partial charge < -0.3 is 5.73 Å². The minimum absolute atomic E-state index is 0.162. The van der Waals surface area contributed by atoms with E-state index in [0.717, 1.165) is 5.69 Å². The lowest BCUT2D eigenvalue weighted by molar-refractivity contribution is 0.569. The number of nitrogens with two attached hydrogens (primary N) is 1. The molecule has 0 saturated carbocycles. The maximum Gasteiger partial charge on any atom is 0.0789 e. The average Bonchev–Trinajstić information content (AvgIpc) is 2.38. The Morgan fingerprint density at radius 3 is 1.35 bits per heavy atom. The summed E-state index contributed by atoms with van der Waals surface area (Å²) in [7, 11) is 0. The number of rotatable bonds is 0. The molecule has 1 aromatic heterocycles. The zero-order chi connectivity index (χ0) is 17.3. The Morgan fingerprint density at radius 1 is 0.696 bits per heavy atom. The first-order valence-electron chi connectivity index (χ1n) is 8.10. The minimum Gasteiger partial charge on any atom is -0.399 e. The van der Waals surface area contributed by atoms with E-state index in [0.29, 0.717) is 0 Å². The van der Waals surface area contributed by atoms with Crippen LogP contribution in [0.5, 0.6) is 0 Å². The number of benzene rings is 2. The molecule has 0 aliphatic heterocycles. The lowest BCUT2D eigenvalue weighted by Gasteiger charge is -2.25. The smallest absolute Gasteiger partial charge is 0.0789 e. The number of H-pyrrole nitrogens is 2. The summed E-state index contributed by atoms with van der Waals surface area (Å²) in [6.07, 6.45) is 0. The van der Waals surface area contributed by atoms with Gasteiger partial charge in [0, 0.05) is 5.69 Å². The van der Waals surface area contributed by atoms with Crippen LogP contribution in [0.4, 0.5) is 5.69 Å². The second-order valence-corrected chi connectivity index (χ2v) is 8.14. The maximum absolute atomic E-state index is 5.95. The molecule has 1 heterocycles. The largest absolute Gasteiger partial charge is 0.399 e. The fourth-order valence-corrected chi connectivity index (χ4v) is 2.29. The highest BCUT2D eigenvalue weighted by Crippen LogP contribution is 2.30. The van der Waals surface area contributed by atoms with E-state index in [2.05, 4.69) is 69.9 Å². The van der Waals surface area contributed by atoms with E-state index < -0.39 is 0 Å². The van der Waals surface area contributed by atoms with Crippen LogP contribution in [0.1, 0.15) is 52.7 Å². The second-order valence-electron chi connectivity index (χ2n) is 8.14. The molecule has 0 spiro atoms. The zero-order valence-electron chi connectivity index (χ0n) is 15.1. The van der Waals surface area contributed by atoms with Crippen molar-refractivity contribution in [3.05, 3.63) is 53.6 Å². The van der Waals surface area contributed by atoms with E-state index in [1.165, 1.54) is 22.2 Å². The van der Waals surface area contributed by atoms with Crippen LogP contribution in [-0.4, -0.2) is 10.2 Å². The monoisotopic (exact) mass is 311 g/mol. The fraction of sp³-hybridized carbons (Fsp3) is 0.400. The predicted molar refractivity (Wildman–Crippen MR) is 101 cm³/mol. The van der Waals surface area contributed by atoms with Gasteiger partial charge in [-0.05, 0) is 46.2 Å². The Kier molecular flexibility index (Phi) is 4.60. The van der Waals surface area contributed by atoms with Crippen LogP contribution in [0.15, 0.2) is 42.5 Å². The van der Waals surface area contributed by atoms with Crippen LogP contribution >= 0.6 is 0 Å². The van der Waals surface area contributed by atoms with Gasteiger partial charge in [-0.15, -0.1) is 0 Å². The van der Waals surface area contributed by atoms with E-state index in [1.807, 2.05) is 24.3 Å². The summed E-state index contributed by atoms with van der Waals surface area (Å²) in [6.45, 7) is 13.3. The molecule has 0 atom stereocenters. The molecule has 0 saturated heterocycles. The van der Waals surface area contributed by atoms with Crippen molar-refractivity contribution < 1.29 is 0 Å². The van der Waals surface area contributed by atoms with Crippen LogP contribution in [0.2, 0.25) is 0 Å². The normalized spacial score (nSPS) is 12.1. The van der Waals surface area contributed by atoms with Crippen LogP contribution < -0.4 is 5.73 Å². The van der Waals surface area contributed by atoms with Gasteiger partial charge in [0.05, 0.1) is 11.0 Å². The zero-order valence-corrected chi connectivity index (χ0v) is 15.1. The molecular weight excluding hydrogens is 282 g/mol. The third-order valence-electron chi connectivity index (χ3n) is 3.95. The molecule has 0 amide bonds. The van der Waals surface area contributed by atoms with Gasteiger partial charge >= 0.3 is 0 Å². The lowest BCUT2D eigenvalue weighted by atomic mass is 9.80. The molecule has 124 valence electrons. The highest BCUT2D eigenvalue weighted by Gasteiger charge is 2.19. The summed E-state index contributed by atoms with van der Waals surface area (Å²) in [4.78, 5) is 0. The van der Waals surface area contributed by atoms with Gasteiger partial charge in [0.25, 0.3) is 0 Å². The topological polar surface area (TPSA) is 57.6 Å². The van der Waals surface area contributed by atoms with Crippen molar-refractivity contribution in [2.45, 2.75) is 52.4 Å². The Bertz CT molecular complexity index is 702. The lowest BCUT2D eigenvalue weighted by Crippen LogP contribution is -2.16. The Labute approximate surface area is 139 Å². The average molecular weight is 311 g/mol. The number of para-hydroxylation sites is 2. The predicted octanol–water partition coefficient (Wildman–Crippen LogP) is 5.36. The summed E-state index contributed by atoms with van der Waals surface area (Å²) in [5.41, 5.74) is 12.1. The van der Waals surface area contributed by atoms with E-state index in [1.54, 1.807) is 0 Å². The first-order valence-corrected chi connectivity index (χ1v) is 8.10. The molecule has 3 heteroatoms. The van der Waals surface area contributed by atoms with Crippen molar-refractivity contribution in [1.82, 2.24) is 10.2 Å². The molecule has 23 heavy (non-hydrogen) atoms. The SMILES string of the molecule is CC(C)(C)c1cc(N)cc(C(C)(C)C)c1.c1ccc2[nH][nH]c2c1. The number of nitrogens with one attached hydrogen (secondary N) is 2.